The minimum Gasteiger partial charge on any atom is -0.398 e. The van der Waals surface area contributed by atoms with E-state index in [1.165, 1.54) is 0 Å². The van der Waals surface area contributed by atoms with Gasteiger partial charge in [-0.05, 0) is 42.8 Å². The molecule has 0 aliphatic carbocycles. The summed E-state index contributed by atoms with van der Waals surface area (Å²) in [6.07, 6.45) is 3.38. The predicted octanol–water partition coefficient (Wildman–Crippen LogP) is 2.81. The Morgan fingerprint density at radius 3 is 2.63 bits per heavy atom. The number of pyridine rings is 1. The molecule has 0 fully saturated rings. The summed E-state index contributed by atoms with van der Waals surface area (Å²) < 4.78 is 0. The lowest BCUT2D eigenvalue weighted by atomic mass is 10.1. The summed E-state index contributed by atoms with van der Waals surface area (Å²) in [5.74, 6) is -0.224. The van der Waals surface area contributed by atoms with E-state index in [1.54, 1.807) is 30.6 Å². The van der Waals surface area contributed by atoms with E-state index in [0.717, 1.165) is 5.56 Å². The van der Waals surface area contributed by atoms with Crippen molar-refractivity contribution in [1.82, 2.24) is 10.3 Å². The van der Waals surface area contributed by atoms with E-state index in [9.17, 15) is 4.79 Å². The fraction of sp³-hybridized carbons (Fsp3) is 0.143. The van der Waals surface area contributed by atoms with Gasteiger partial charge in [-0.1, -0.05) is 11.6 Å². The van der Waals surface area contributed by atoms with Gasteiger partial charge >= 0.3 is 0 Å². The van der Waals surface area contributed by atoms with Crippen LogP contribution >= 0.6 is 11.6 Å². The van der Waals surface area contributed by atoms with E-state index < -0.39 is 0 Å². The molecule has 1 aromatic heterocycles. The van der Waals surface area contributed by atoms with Crippen molar-refractivity contribution in [1.29, 1.82) is 0 Å². The summed E-state index contributed by atoms with van der Waals surface area (Å²) in [5, 5.41) is 3.39. The molecule has 1 amide bonds. The van der Waals surface area contributed by atoms with E-state index in [0.29, 0.717) is 16.3 Å². The second kappa shape index (κ2) is 5.71. The number of benzene rings is 1. The Labute approximate surface area is 116 Å². The molecule has 4 nitrogen and oxygen atoms in total. The van der Waals surface area contributed by atoms with Gasteiger partial charge < -0.3 is 11.1 Å². The minimum atomic E-state index is -0.224. The first-order chi connectivity index (χ1) is 9.08. The Kier molecular flexibility index (Phi) is 4.02. The van der Waals surface area contributed by atoms with Crippen LogP contribution in [-0.2, 0) is 0 Å². The quantitative estimate of drug-likeness (QED) is 0.847. The molecule has 2 aromatic rings. The molecule has 98 valence electrons. The fourth-order valence-electron chi connectivity index (χ4n) is 1.75. The number of nitrogen functional groups attached to an aromatic ring is 1. The second-order valence-corrected chi connectivity index (χ2v) is 4.64. The van der Waals surface area contributed by atoms with Crippen molar-refractivity contribution >= 4 is 23.2 Å². The number of nitrogens with one attached hydrogen (secondary N) is 1. The number of anilines is 1. The maximum Gasteiger partial charge on any atom is 0.253 e. The third-order valence-electron chi connectivity index (χ3n) is 2.81. The number of carbonyl (C=O) groups excluding carboxylic acids is 1. The number of nitrogens with two attached hydrogens (primary N) is 1. The minimum absolute atomic E-state index is 0.120. The van der Waals surface area contributed by atoms with Gasteiger partial charge in [-0.15, -0.1) is 0 Å². The van der Waals surface area contributed by atoms with Crippen LogP contribution in [0.4, 0.5) is 5.69 Å². The molecule has 19 heavy (non-hydrogen) atoms. The van der Waals surface area contributed by atoms with Crippen molar-refractivity contribution in [2.45, 2.75) is 13.0 Å². The number of hydrogen-bond acceptors (Lipinski definition) is 3. The van der Waals surface area contributed by atoms with Crippen molar-refractivity contribution in [2.75, 3.05) is 5.73 Å². The Balaban J connectivity index is 2.13. The molecular formula is C14H14ClN3O. The Bertz CT molecular complexity index is 586. The average Bonchev–Trinajstić information content (AvgIpc) is 2.39. The normalized spacial score (nSPS) is 11.9. The maximum absolute atomic E-state index is 12.1. The van der Waals surface area contributed by atoms with Crippen molar-refractivity contribution in [2.24, 2.45) is 0 Å². The van der Waals surface area contributed by atoms with Crippen LogP contribution in [0.5, 0.6) is 0 Å². The van der Waals surface area contributed by atoms with Gasteiger partial charge in [0.2, 0.25) is 0 Å². The van der Waals surface area contributed by atoms with Crippen LogP contribution in [-0.4, -0.2) is 10.9 Å². The highest BCUT2D eigenvalue weighted by Crippen LogP contribution is 2.19. The van der Waals surface area contributed by atoms with E-state index in [4.69, 9.17) is 17.3 Å². The molecule has 1 heterocycles. The first-order valence-electron chi connectivity index (χ1n) is 5.83. The molecule has 0 aliphatic rings. The summed E-state index contributed by atoms with van der Waals surface area (Å²) in [7, 11) is 0. The van der Waals surface area contributed by atoms with E-state index in [-0.39, 0.29) is 11.9 Å². The van der Waals surface area contributed by atoms with Gasteiger partial charge in [-0.25, -0.2) is 0 Å². The first kappa shape index (κ1) is 13.4. The standard InChI is InChI=1S/C14H14ClN3O/c1-9(10-4-6-17-7-5-10)18-14(19)12-3-2-11(15)8-13(12)16/h2-9H,16H2,1H3,(H,18,19)/t9-/m0/s1. The largest absolute Gasteiger partial charge is 0.398 e. The molecule has 5 heteroatoms. The fourth-order valence-corrected chi connectivity index (χ4v) is 1.93. The Hall–Kier alpha value is -2.07. The predicted molar refractivity (Wildman–Crippen MR) is 76.0 cm³/mol. The topological polar surface area (TPSA) is 68.0 Å². The summed E-state index contributed by atoms with van der Waals surface area (Å²) >= 11 is 5.80. The molecule has 3 N–H and O–H groups in total. The number of halogens is 1. The molecule has 0 aliphatic heterocycles. The maximum atomic E-state index is 12.1. The SMILES string of the molecule is C[C@H](NC(=O)c1ccc(Cl)cc1N)c1ccncc1. The van der Waals surface area contributed by atoms with Gasteiger partial charge in [-0.3, -0.25) is 9.78 Å². The Morgan fingerprint density at radius 2 is 2.00 bits per heavy atom. The second-order valence-electron chi connectivity index (χ2n) is 4.21. The third kappa shape index (κ3) is 3.23. The number of aromatic nitrogens is 1. The molecule has 0 radical (unpaired) electrons. The first-order valence-corrected chi connectivity index (χ1v) is 6.21. The molecule has 0 unspecified atom stereocenters. The zero-order valence-electron chi connectivity index (χ0n) is 10.4. The molecule has 0 bridgehead atoms. The van der Waals surface area contributed by atoms with Gasteiger partial charge in [0.25, 0.3) is 5.91 Å². The molecule has 2 rings (SSSR count). The molecule has 0 saturated carbocycles. The zero-order chi connectivity index (χ0) is 13.8. The summed E-state index contributed by atoms with van der Waals surface area (Å²) in [4.78, 5) is 16.1. The van der Waals surface area contributed by atoms with E-state index in [1.807, 2.05) is 19.1 Å². The van der Waals surface area contributed by atoms with Crippen LogP contribution in [0.15, 0.2) is 42.7 Å². The number of amides is 1. The summed E-state index contributed by atoms with van der Waals surface area (Å²) in [6, 6.07) is 8.42. The van der Waals surface area contributed by atoms with Crippen LogP contribution in [0.1, 0.15) is 28.9 Å². The smallest absolute Gasteiger partial charge is 0.253 e. The number of nitrogens with zero attached hydrogens (tertiary/aromatic N) is 1. The molecule has 0 saturated heterocycles. The van der Waals surface area contributed by atoms with Crippen LogP contribution in [0.2, 0.25) is 5.02 Å². The van der Waals surface area contributed by atoms with Crippen molar-refractivity contribution in [3.63, 3.8) is 0 Å². The van der Waals surface area contributed by atoms with E-state index >= 15 is 0 Å². The molecule has 1 atom stereocenters. The highest BCUT2D eigenvalue weighted by molar-refractivity contribution is 6.31. The average molecular weight is 276 g/mol. The lowest BCUT2D eigenvalue weighted by Gasteiger charge is -2.15. The highest BCUT2D eigenvalue weighted by atomic mass is 35.5. The van der Waals surface area contributed by atoms with E-state index in [2.05, 4.69) is 10.3 Å². The third-order valence-corrected chi connectivity index (χ3v) is 3.05. The van der Waals surface area contributed by atoms with Gasteiger partial charge in [-0.2, -0.15) is 0 Å². The molecule has 1 aromatic carbocycles. The highest BCUT2D eigenvalue weighted by Gasteiger charge is 2.13. The molecular weight excluding hydrogens is 262 g/mol. The van der Waals surface area contributed by atoms with Gasteiger partial charge in [0.05, 0.1) is 11.6 Å². The summed E-state index contributed by atoms with van der Waals surface area (Å²) in [6.45, 7) is 1.90. The Morgan fingerprint density at radius 1 is 1.32 bits per heavy atom. The van der Waals surface area contributed by atoms with Crippen molar-refractivity contribution < 1.29 is 4.79 Å². The van der Waals surface area contributed by atoms with Crippen LogP contribution in [0, 0.1) is 0 Å². The number of rotatable bonds is 3. The lowest BCUT2D eigenvalue weighted by molar-refractivity contribution is 0.0941. The number of hydrogen-bond donors (Lipinski definition) is 2. The zero-order valence-corrected chi connectivity index (χ0v) is 11.2. The van der Waals surface area contributed by atoms with Crippen molar-refractivity contribution in [3.8, 4) is 0 Å². The van der Waals surface area contributed by atoms with Gasteiger partial charge in [0, 0.05) is 23.1 Å². The van der Waals surface area contributed by atoms with Crippen LogP contribution in [0.25, 0.3) is 0 Å². The summed E-state index contributed by atoms with van der Waals surface area (Å²) in [5.41, 5.74) is 7.55. The van der Waals surface area contributed by atoms with Crippen LogP contribution < -0.4 is 11.1 Å². The van der Waals surface area contributed by atoms with Crippen molar-refractivity contribution in [3.05, 3.63) is 58.9 Å². The number of carbonyl (C=O) groups is 1. The van der Waals surface area contributed by atoms with Gasteiger partial charge in [0.15, 0.2) is 0 Å². The van der Waals surface area contributed by atoms with Gasteiger partial charge in [0.1, 0.15) is 0 Å². The molecule has 0 spiro atoms. The van der Waals surface area contributed by atoms with Crippen LogP contribution in [0.3, 0.4) is 0 Å². The lowest BCUT2D eigenvalue weighted by Crippen LogP contribution is -2.27. The monoisotopic (exact) mass is 275 g/mol.